The van der Waals surface area contributed by atoms with Crippen LogP contribution in [0.5, 0.6) is 0 Å². The molecule has 2 nitrogen and oxygen atoms in total. The second-order valence-electron chi connectivity index (χ2n) is 3.56. The Balaban J connectivity index is 3.05. The smallest absolute Gasteiger partial charge is 0.264 e. The van der Waals surface area contributed by atoms with E-state index in [1.807, 2.05) is 0 Å². The summed E-state index contributed by atoms with van der Waals surface area (Å²) in [7, 11) is 0. The highest BCUT2D eigenvalue weighted by atomic mass is 79.9. The molecule has 0 aromatic heterocycles. The fourth-order valence-electron chi connectivity index (χ4n) is 1.40. The van der Waals surface area contributed by atoms with Crippen LogP contribution in [0.3, 0.4) is 0 Å². The summed E-state index contributed by atoms with van der Waals surface area (Å²) in [6.45, 7) is 7.12. The Bertz CT molecular complexity index is 538. The van der Waals surface area contributed by atoms with Crippen molar-refractivity contribution >= 4 is 21.8 Å². The van der Waals surface area contributed by atoms with Crippen molar-refractivity contribution < 1.29 is 13.6 Å². The molecule has 0 aliphatic carbocycles. The number of benzene rings is 1. The van der Waals surface area contributed by atoms with Crippen LogP contribution in [0.2, 0.25) is 0 Å². The number of hydrogen-bond acceptors (Lipinski definition) is 1. The van der Waals surface area contributed by atoms with Crippen LogP contribution in [0, 0.1) is 0 Å². The summed E-state index contributed by atoms with van der Waals surface area (Å²) in [6.07, 6.45) is 0.266. The van der Waals surface area contributed by atoms with Crippen LogP contribution < -0.4 is 5.32 Å². The first kappa shape index (κ1) is 15.3. The molecular weight excluding hydrogens is 316 g/mol. The maximum absolute atomic E-state index is 12.8. The van der Waals surface area contributed by atoms with Gasteiger partial charge < -0.3 is 5.32 Å². The standard InChI is InChI=1S/C14H12BrF2NO/c1-3-6-12(9(2)15)18-14(19)11-8-5-4-7-10(11)13(16)17/h3-8,13H,1-2H2,(H,18,19)/b12-6+. The number of carbonyl (C=O) groups is 1. The fourth-order valence-corrected chi connectivity index (χ4v) is 1.63. The van der Waals surface area contributed by atoms with Crippen LogP contribution in [0.15, 0.2) is 59.8 Å². The molecule has 100 valence electrons. The fraction of sp³-hybridized carbons (Fsp3) is 0.0714. The molecule has 0 saturated heterocycles. The third-order valence-corrected chi connectivity index (χ3v) is 2.69. The van der Waals surface area contributed by atoms with Gasteiger partial charge in [-0.05, 0) is 28.1 Å². The summed E-state index contributed by atoms with van der Waals surface area (Å²) in [6, 6.07) is 5.56. The molecule has 0 heterocycles. The third-order valence-electron chi connectivity index (χ3n) is 2.27. The minimum Gasteiger partial charge on any atom is -0.321 e. The molecule has 0 aliphatic heterocycles. The quantitative estimate of drug-likeness (QED) is 0.801. The van der Waals surface area contributed by atoms with Gasteiger partial charge in [-0.1, -0.05) is 37.4 Å². The van der Waals surface area contributed by atoms with Crippen molar-refractivity contribution in [3.8, 4) is 0 Å². The highest BCUT2D eigenvalue weighted by Crippen LogP contribution is 2.23. The van der Waals surface area contributed by atoms with Gasteiger partial charge in [0, 0.05) is 15.6 Å². The number of carbonyl (C=O) groups excluding carboxylic acids is 1. The molecule has 1 aromatic carbocycles. The lowest BCUT2D eigenvalue weighted by Crippen LogP contribution is -2.24. The Kier molecular flexibility index (Phi) is 5.63. The van der Waals surface area contributed by atoms with Gasteiger partial charge in [-0.3, -0.25) is 4.79 Å². The maximum atomic E-state index is 12.8. The number of amides is 1. The largest absolute Gasteiger partial charge is 0.321 e. The number of alkyl halides is 2. The summed E-state index contributed by atoms with van der Waals surface area (Å²) in [5, 5.41) is 2.50. The minimum absolute atomic E-state index is 0.0683. The summed E-state index contributed by atoms with van der Waals surface area (Å²) in [5.41, 5.74) is -0.0107. The van der Waals surface area contributed by atoms with Crippen molar-refractivity contribution in [1.29, 1.82) is 0 Å². The van der Waals surface area contributed by atoms with Gasteiger partial charge in [0.05, 0.1) is 5.70 Å². The first-order valence-electron chi connectivity index (χ1n) is 5.33. The molecule has 1 N–H and O–H groups in total. The van der Waals surface area contributed by atoms with Crippen molar-refractivity contribution in [3.05, 3.63) is 70.9 Å². The molecule has 0 unspecified atom stereocenters. The topological polar surface area (TPSA) is 29.1 Å². The van der Waals surface area contributed by atoms with Crippen molar-refractivity contribution in [1.82, 2.24) is 5.32 Å². The zero-order chi connectivity index (χ0) is 14.4. The Hall–Kier alpha value is -1.75. The van der Waals surface area contributed by atoms with E-state index in [1.54, 1.807) is 0 Å². The number of rotatable bonds is 5. The second kappa shape index (κ2) is 6.99. The first-order valence-corrected chi connectivity index (χ1v) is 6.12. The number of hydrogen-bond donors (Lipinski definition) is 1. The van der Waals surface area contributed by atoms with Crippen LogP contribution in [0.4, 0.5) is 8.78 Å². The third kappa shape index (κ3) is 4.13. The van der Waals surface area contributed by atoms with Gasteiger partial charge in [0.15, 0.2) is 0 Å². The molecule has 0 saturated carbocycles. The maximum Gasteiger partial charge on any atom is 0.264 e. The lowest BCUT2D eigenvalue weighted by atomic mass is 10.1. The van der Waals surface area contributed by atoms with Gasteiger partial charge in [-0.2, -0.15) is 0 Å². The summed E-state index contributed by atoms with van der Waals surface area (Å²) < 4.78 is 26.0. The SMILES string of the molecule is C=C/C=C(/NC(=O)c1ccccc1C(F)F)C(=C)Br. The van der Waals surface area contributed by atoms with Crippen LogP contribution >= 0.6 is 15.9 Å². The van der Waals surface area contributed by atoms with Crippen LogP contribution in [-0.2, 0) is 0 Å². The van der Waals surface area contributed by atoms with E-state index in [9.17, 15) is 13.6 Å². The van der Waals surface area contributed by atoms with Crippen LogP contribution in [0.1, 0.15) is 22.3 Å². The van der Waals surface area contributed by atoms with Crippen LogP contribution in [0.25, 0.3) is 0 Å². The summed E-state index contributed by atoms with van der Waals surface area (Å²) in [5.74, 6) is -0.621. The molecule has 19 heavy (non-hydrogen) atoms. The van der Waals surface area contributed by atoms with Crippen molar-refractivity contribution in [2.45, 2.75) is 6.43 Å². The normalized spacial score (nSPS) is 11.3. The van der Waals surface area contributed by atoms with E-state index in [0.717, 1.165) is 0 Å². The molecule has 0 spiro atoms. The molecule has 0 fully saturated rings. The van der Waals surface area contributed by atoms with E-state index >= 15 is 0 Å². The van der Waals surface area contributed by atoms with E-state index in [0.29, 0.717) is 10.2 Å². The number of nitrogens with one attached hydrogen (secondary N) is 1. The molecule has 0 aliphatic rings. The molecule has 1 rings (SSSR count). The highest BCUT2D eigenvalue weighted by Gasteiger charge is 2.18. The van der Waals surface area contributed by atoms with E-state index in [-0.39, 0.29) is 11.1 Å². The predicted octanol–water partition coefficient (Wildman–Crippen LogP) is 4.33. The average Bonchev–Trinajstić information content (AvgIpc) is 2.37. The molecule has 0 bridgehead atoms. The van der Waals surface area contributed by atoms with Crippen molar-refractivity contribution in [2.24, 2.45) is 0 Å². The molecule has 5 heteroatoms. The molecule has 1 amide bonds. The van der Waals surface area contributed by atoms with Gasteiger partial charge in [0.2, 0.25) is 0 Å². The Morgan fingerprint density at radius 2 is 2.00 bits per heavy atom. The van der Waals surface area contributed by atoms with Crippen molar-refractivity contribution in [3.63, 3.8) is 0 Å². The highest BCUT2D eigenvalue weighted by molar-refractivity contribution is 9.11. The summed E-state index contributed by atoms with van der Waals surface area (Å²) in [4.78, 5) is 12.0. The minimum atomic E-state index is -2.71. The average molecular weight is 328 g/mol. The summed E-state index contributed by atoms with van der Waals surface area (Å²) >= 11 is 3.12. The lowest BCUT2D eigenvalue weighted by Gasteiger charge is -2.11. The Labute approximate surface area is 118 Å². The molecule has 1 aromatic rings. The first-order chi connectivity index (χ1) is 8.97. The lowest BCUT2D eigenvalue weighted by molar-refractivity contribution is 0.0953. The van der Waals surface area contributed by atoms with E-state index in [1.165, 1.54) is 36.4 Å². The molecule has 0 radical (unpaired) electrons. The number of halogens is 3. The monoisotopic (exact) mass is 327 g/mol. The van der Waals surface area contributed by atoms with E-state index in [2.05, 4.69) is 34.4 Å². The van der Waals surface area contributed by atoms with Gasteiger partial charge in [-0.25, -0.2) is 8.78 Å². The molecular formula is C14H12BrF2NO. The van der Waals surface area contributed by atoms with Gasteiger partial charge in [0.25, 0.3) is 12.3 Å². The van der Waals surface area contributed by atoms with Gasteiger partial charge in [0.1, 0.15) is 0 Å². The Morgan fingerprint density at radius 3 is 2.53 bits per heavy atom. The van der Waals surface area contributed by atoms with Gasteiger partial charge >= 0.3 is 0 Å². The molecule has 0 atom stereocenters. The number of allylic oxidation sites excluding steroid dienone is 3. The second-order valence-corrected chi connectivity index (χ2v) is 4.52. The zero-order valence-corrected chi connectivity index (χ0v) is 11.6. The van der Waals surface area contributed by atoms with Crippen LogP contribution in [-0.4, -0.2) is 5.91 Å². The Morgan fingerprint density at radius 1 is 1.37 bits per heavy atom. The van der Waals surface area contributed by atoms with E-state index in [4.69, 9.17) is 0 Å². The predicted molar refractivity (Wildman–Crippen MR) is 75.2 cm³/mol. The van der Waals surface area contributed by atoms with E-state index < -0.39 is 12.3 Å². The van der Waals surface area contributed by atoms with Crippen molar-refractivity contribution in [2.75, 3.05) is 0 Å². The van der Waals surface area contributed by atoms with Gasteiger partial charge in [-0.15, -0.1) is 0 Å². The zero-order valence-electron chi connectivity index (χ0n) is 10.00.